The number of rotatable bonds is 7. The average Bonchev–Trinajstić information content (AvgIpc) is 3.34. The second-order valence-corrected chi connectivity index (χ2v) is 13.4. The molecule has 3 aliphatic heterocycles. The predicted molar refractivity (Wildman–Crippen MR) is 148 cm³/mol. The first-order chi connectivity index (χ1) is 18.8. The number of carbonyl (C=O) groups excluding carboxylic acids is 2. The van der Waals surface area contributed by atoms with Gasteiger partial charge in [0.1, 0.15) is 6.17 Å². The lowest BCUT2D eigenvalue weighted by atomic mass is 9.64. The summed E-state index contributed by atoms with van der Waals surface area (Å²) in [7, 11) is 4.07. The minimum absolute atomic E-state index is 0.0230. The summed E-state index contributed by atoms with van der Waals surface area (Å²) >= 11 is 0. The van der Waals surface area contributed by atoms with E-state index >= 15 is 4.39 Å². The SMILES string of the molecule is CN(C)CCCCNC(=O)C1=CN2C3CCC4CCCCC4C3OC3C(N4CC[C@@H](N)C4)C(F)CC(C1=O)C32. The van der Waals surface area contributed by atoms with Gasteiger partial charge in [0.2, 0.25) is 0 Å². The van der Waals surface area contributed by atoms with Gasteiger partial charge in [-0.3, -0.25) is 14.5 Å². The number of nitrogens with zero attached hydrogens (tertiary/aromatic N) is 3. The van der Waals surface area contributed by atoms with E-state index in [1.807, 2.05) is 20.3 Å². The molecule has 218 valence electrons. The molecule has 1 amide bonds. The predicted octanol–water partition coefficient (Wildman–Crippen LogP) is 2.08. The number of hydrogen-bond acceptors (Lipinski definition) is 7. The summed E-state index contributed by atoms with van der Waals surface area (Å²) in [6.45, 7) is 2.95. The van der Waals surface area contributed by atoms with Gasteiger partial charge in [-0.15, -0.1) is 0 Å². The van der Waals surface area contributed by atoms with Gasteiger partial charge >= 0.3 is 0 Å². The Hall–Kier alpha value is -1.55. The number of fused-ring (bicyclic) bond motifs is 4. The molecular weight excluding hydrogens is 497 g/mol. The van der Waals surface area contributed by atoms with E-state index in [0.29, 0.717) is 24.9 Å². The van der Waals surface area contributed by atoms with Crippen molar-refractivity contribution in [3.05, 3.63) is 11.8 Å². The molecule has 6 rings (SSSR count). The Kier molecular flexibility index (Phi) is 8.06. The summed E-state index contributed by atoms with van der Waals surface area (Å²) in [5.41, 5.74) is 6.46. The first-order valence-electron chi connectivity index (χ1n) is 15.6. The Bertz CT molecular complexity index is 961. The number of ether oxygens (including phenoxy) is 1. The van der Waals surface area contributed by atoms with Crippen molar-refractivity contribution in [3.8, 4) is 0 Å². The molecule has 0 aromatic carbocycles. The van der Waals surface area contributed by atoms with E-state index in [4.69, 9.17) is 10.5 Å². The molecule has 6 aliphatic rings. The third kappa shape index (κ3) is 5.17. The van der Waals surface area contributed by atoms with E-state index in [2.05, 4.69) is 20.0 Å². The molecule has 10 atom stereocenters. The molecule has 2 saturated heterocycles. The maximum Gasteiger partial charge on any atom is 0.256 e. The number of amides is 1. The zero-order valence-electron chi connectivity index (χ0n) is 23.8. The molecule has 39 heavy (non-hydrogen) atoms. The van der Waals surface area contributed by atoms with E-state index in [-0.39, 0.29) is 60.1 Å². The molecule has 0 radical (unpaired) electrons. The fraction of sp³-hybridized carbons (Fsp3) is 0.867. The standard InChI is InChI=1S/C30H48FN5O3/c1-34(2)13-6-5-12-33-30(38)22-17-36-24-10-9-18-7-3-4-8-20(18)28(24)39-29-25(36)21(27(22)37)15-23(31)26(29)35-14-11-19(32)16-35/h17-21,23-26,28-29H,3-16,32H2,1-2H3,(H,33,38)/t18?,19-,20?,21?,23?,24?,25?,26?,28?,29?/m1/s1. The van der Waals surface area contributed by atoms with Gasteiger partial charge in [-0.05, 0) is 77.4 Å². The van der Waals surface area contributed by atoms with Crippen molar-refractivity contribution in [2.45, 2.75) is 107 Å². The van der Waals surface area contributed by atoms with Gasteiger partial charge in [-0.25, -0.2) is 4.39 Å². The third-order valence-corrected chi connectivity index (χ3v) is 10.7. The Morgan fingerprint density at radius 3 is 2.72 bits per heavy atom. The minimum Gasteiger partial charge on any atom is -0.369 e. The summed E-state index contributed by atoms with van der Waals surface area (Å²) in [4.78, 5) is 33.8. The van der Waals surface area contributed by atoms with Crippen LogP contribution >= 0.6 is 0 Å². The molecule has 0 aromatic rings. The van der Waals surface area contributed by atoms with Gasteiger partial charge in [-0.1, -0.05) is 19.3 Å². The van der Waals surface area contributed by atoms with E-state index in [1.165, 1.54) is 25.7 Å². The number of halogens is 1. The second-order valence-electron chi connectivity index (χ2n) is 13.4. The lowest BCUT2D eigenvalue weighted by Crippen LogP contribution is -2.74. The van der Waals surface area contributed by atoms with Crippen LogP contribution in [0.3, 0.4) is 0 Å². The number of hydrogen-bond donors (Lipinski definition) is 2. The molecule has 0 aromatic heterocycles. The third-order valence-electron chi connectivity index (χ3n) is 10.7. The van der Waals surface area contributed by atoms with Crippen molar-refractivity contribution in [2.75, 3.05) is 40.3 Å². The summed E-state index contributed by atoms with van der Waals surface area (Å²) in [6.07, 6.45) is 10.2. The fourth-order valence-electron chi connectivity index (χ4n) is 8.87. The molecule has 3 heterocycles. The van der Waals surface area contributed by atoms with Crippen LogP contribution in [0.15, 0.2) is 11.8 Å². The van der Waals surface area contributed by atoms with Crippen molar-refractivity contribution in [2.24, 2.45) is 23.5 Å². The number of Topliss-reactive ketones (excluding diaryl/α,β-unsaturated/α-hetero) is 1. The zero-order valence-corrected chi connectivity index (χ0v) is 23.8. The van der Waals surface area contributed by atoms with Gasteiger partial charge in [0.15, 0.2) is 5.78 Å². The number of alkyl halides is 1. The van der Waals surface area contributed by atoms with Gasteiger partial charge in [-0.2, -0.15) is 0 Å². The molecule has 3 aliphatic carbocycles. The highest BCUT2D eigenvalue weighted by atomic mass is 19.1. The fourth-order valence-corrected chi connectivity index (χ4v) is 8.87. The average molecular weight is 546 g/mol. The zero-order chi connectivity index (χ0) is 27.3. The van der Waals surface area contributed by atoms with Crippen LogP contribution in [0, 0.1) is 17.8 Å². The molecule has 0 spiro atoms. The summed E-state index contributed by atoms with van der Waals surface area (Å²) in [5, 5.41) is 2.99. The van der Waals surface area contributed by atoms with E-state index in [9.17, 15) is 9.59 Å². The van der Waals surface area contributed by atoms with Crippen molar-refractivity contribution in [1.29, 1.82) is 0 Å². The molecule has 3 N–H and O–H groups in total. The second kappa shape index (κ2) is 11.4. The van der Waals surface area contributed by atoms with Crippen LogP contribution in [0.4, 0.5) is 4.39 Å². The quantitative estimate of drug-likeness (QED) is 0.374. The number of unbranched alkanes of at least 4 members (excludes halogenated alkanes) is 1. The Labute approximate surface area is 232 Å². The largest absolute Gasteiger partial charge is 0.369 e. The van der Waals surface area contributed by atoms with Gasteiger partial charge < -0.3 is 25.6 Å². The van der Waals surface area contributed by atoms with E-state index in [0.717, 1.165) is 45.2 Å². The highest BCUT2D eigenvalue weighted by molar-refractivity contribution is 6.20. The van der Waals surface area contributed by atoms with Crippen LogP contribution in [0.5, 0.6) is 0 Å². The van der Waals surface area contributed by atoms with E-state index in [1.54, 1.807) is 0 Å². The lowest BCUT2D eigenvalue weighted by molar-refractivity contribution is -0.231. The first-order valence-corrected chi connectivity index (χ1v) is 15.6. The van der Waals surface area contributed by atoms with Crippen LogP contribution in [0.25, 0.3) is 0 Å². The van der Waals surface area contributed by atoms with Gasteiger partial charge in [0.05, 0.1) is 35.9 Å². The maximum atomic E-state index is 16.1. The Morgan fingerprint density at radius 1 is 1.13 bits per heavy atom. The van der Waals surface area contributed by atoms with Crippen LogP contribution in [0.2, 0.25) is 0 Å². The van der Waals surface area contributed by atoms with Crippen LogP contribution in [0.1, 0.15) is 64.2 Å². The monoisotopic (exact) mass is 545 g/mol. The Morgan fingerprint density at radius 2 is 1.95 bits per heavy atom. The Balaban J connectivity index is 1.29. The van der Waals surface area contributed by atoms with Crippen molar-refractivity contribution < 1.29 is 18.7 Å². The highest BCUT2D eigenvalue weighted by Gasteiger charge is 2.61. The van der Waals surface area contributed by atoms with Crippen LogP contribution < -0.4 is 11.1 Å². The molecule has 9 heteroatoms. The number of carbonyl (C=O) groups is 2. The van der Waals surface area contributed by atoms with E-state index < -0.39 is 12.1 Å². The number of ketones is 1. The molecule has 8 nitrogen and oxygen atoms in total. The highest BCUT2D eigenvalue weighted by Crippen LogP contribution is 2.51. The molecule has 3 saturated carbocycles. The number of nitrogens with two attached hydrogens (primary N) is 1. The first kappa shape index (κ1) is 27.6. The van der Waals surface area contributed by atoms with Crippen LogP contribution in [-0.4, -0.2) is 109 Å². The molecule has 5 fully saturated rings. The number of nitrogens with one attached hydrogen (secondary N) is 1. The molecular formula is C30H48FN5O3. The smallest absolute Gasteiger partial charge is 0.256 e. The number of likely N-dealkylation sites (tertiary alicyclic amines) is 1. The normalized spacial score (nSPS) is 42.0. The summed E-state index contributed by atoms with van der Waals surface area (Å²) < 4.78 is 23.2. The molecule has 9 unspecified atom stereocenters. The van der Waals surface area contributed by atoms with Crippen molar-refractivity contribution >= 4 is 11.7 Å². The maximum absolute atomic E-state index is 16.1. The van der Waals surface area contributed by atoms with Gasteiger partial charge in [0, 0.05) is 37.8 Å². The van der Waals surface area contributed by atoms with Crippen molar-refractivity contribution in [1.82, 2.24) is 20.0 Å². The molecule has 0 bridgehead atoms. The van der Waals surface area contributed by atoms with Crippen molar-refractivity contribution in [3.63, 3.8) is 0 Å². The van der Waals surface area contributed by atoms with Crippen LogP contribution in [-0.2, 0) is 14.3 Å². The van der Waals surface area contributed by atoms with Gasteiger partial charge in [0.25, 0.3) is 5.91 Å². The minimum atomic E-state index is -1.18. The number of morpholine rings is 1. The topological polar surface area (TPSA) is 91.1 Å². The summed E-state index contributed by atoms with van der Waals surface area (Å²) in [5.74, 6) is 0.0634. The summed E-state index contributed by atoms with van der Waals surface area (Å²) in [6, 6.07) is -0.410. The lowest BCUT2D eigenvalue weighted by Gasteiger charge is -2.62.